The number of fused-ring (bicyclic) bond motifs is 1. The summed E-state index contributed by atoms with van der Waals surface area (Å²) in [4.78, 5) is 15.2. The molecule has 154 valence electrons. The van der Waals surface area contributed by atoms with Crippen molar-refractivity contribution >= 4 is 11.6 Å². The van der Waals surface area contributed by atoms with Crippen LogP contribution in [0.1, 0.15) is 44.1 Å². The molecule has 1 fully saturated rings. The largest absolute Gasteiger partial charge is 0.493 e. The van der Waals surface area contributed by atoms with Crippen LogP contribution in [-0.4, -0.2) is 62.9 Å². The van der Waals surface area contributed by atoms with E-state index in [0.29, 0.717) is 18.0 Å². The van der Waals surface area contributed by atoms with Crippen molar-refractivity contribution in [2.75, 3.05) is 41.4 Å². The van der Waals surface area contributed by atoms with Crippen molar-refractivity contribution in [2.45, 2.75) is 38.5 Å². The van der Waals surface area contributed by atoms with Crippen LogP contribution in [0.4, 0.5) is 0 Å². The Morgan fingerprint density at radius 2 is 1.79 bits per heavy atom. The summed E-state index contributed by atoms with van der Waals surface area (Å²) in [5.74, 6) is 1.88. The normalized spacial score (nSPS) is 22.1. The molecule has 1 aliphatic carbocycles. The zero-order chi connectivity index (χ0) is 20.1. The van der Waals surface area contributed by atoms with Crippen LogP contribution in [0, 0.1) is 11.8 Å². The van der Waals surface area contributed by atoms with E-state index in [0.717, 1.165) is 56.3 Å². The van der Waals surface area contributed by atoms with Crippen LogP contribution >= 0.6 is 0 Å². The highest BCUT2D eigenvalue weighted by atomic mass is 16.5. The van der Waals surface area contributed by atoms with Gasteiger partial charge in [0.2, 0.25) is 5.91 Å². The predicted octanol–water partition coefficient (Wildman–Crippen LogP) is 3.40. The molecule has 6 heteroatoms. The van der Waals surface area contributed by atoms with Crippen LogP contribution in [0.15, 0.2) is 23.3 Å². The third-order valence-electron chi connectivity index (χ3n) is 5.82. The molecule has 0 N–H and O–H groups in total. The average molecular weight is 388 g/mol. The van der Waals surface area contributed by atoms with E-state index in [1.807, 2.05) is 18.2 Å². The fourth-order valence-corrected chi connectivity index (χ4v) is 4.32. The molecule has 1 aliphatic heterocycles. The van der Waals surface area contributed by atoms with Gasteiger partial charge >= 0.3 is 0 Å². The van der Waals surface area contributed by atoms with E-state index in [4.69, 9.17) is 14.6 Å². The number of amides is 1. The Morgan fingerprint density at radius 1 is 1.07 bits per heavy atom. The van der Waals surface area contributed by atoms with Crippen molar-refractivity contribution in [2.24, 2.45) is 16.9 Å². The molecule has 2 atom stereocenters. The van der Waals surface area contributed by atoms with Crippen molar-refractivity contribution < 1.29 is 14.3 Å². The third-order valence-corrected chi connectivity index (χ3v) is 5.82. The van der Waals surface area contributed by atoms with Gasteiger partial charge in [0.15, 0.2) is 11.5 Å². The fraction of sp³-hybridized carbons (Fsp3) is 0.636. The Hall–Kier alpha value is -2.08. The standard InChI is InChI=1S/C22H33N3O3/c1-24(2)13-7-8-14-25-22(26)18-10-6-5-9-17(18)21(23-25)16-11-12-19(27-3)20(15-16)28-4/h11-12,15,17-18H,5-10,13-14H2,1-4H3. The molecule has 1 heterocycles. The number of hydrogen-bond donors (Lipinski definition) is 0. The van der Waals surface area contributed by atoms with Gasteiger partial charge in [0.1, 0.15) is 0 Å². The van der Waals surface area contributed by atoms with Gasteiger partial charge in [0.05, 0.1) is 19.9 Å². The van der Waals surface area contributed by atoms with E-state index in [1.54, 1.807) is 19.2 Å². The van der Waals surface area contributed by atoms with E-state index in [2.05, 4.69) is 19.0 Å². The molecule has 0 spiro atoms. The molecular formula is C22H33N3O3. The highest BCUT2D eigenvalue weighted by molar-refractivity contribution is 6.07. The van der Waals surface area contributed by atoms with Crippen LogP contribution < -0.4 is 9.47 Å². The molecule has 1 aromatic carbocycles. The molecule has 0 saturated heterocycles. The Kier molecular flexibility index (Phi) is 6.94. The zero-order valence-corrected chi connectivity index (χ0v) is 17.6. The topological polar surface area (TPSA) is 54.4 Å². The molecule has 28 heavy (non-hydrogen) atoms. The quantitative estimate of drug-likeness (QED) is 0.642. The number of nitrogens with zero attached hydrogens (tertiary/aromatic N) is 3. The van der Waals surface area contributed by atoms with Gasteiger partial charge in [-0.05, 0) is 64.5 Å². The van der Waals surface area contributed by atoms with Gasteiger partial charge in [-0.3, -0.25) is 4.79 Å². The van der Waals surface area contributed by atoms with Crippen molar-refractivity contribution in [1.82, 2.24) is 9.91 Å². The summed E-state index contributed by atoms with van der Waals surface area (Å²) in [5, 5.41) is 6.59. The summed E-state index contributed by atoms with van der Waals surface area (Å²) in [6, 6.07) is 5.95. The van der Waals surface area contributed by atoms with Crippen LogP contribution in [-0.2, 0) is 4.79 Å². The number of carbonyl (C=O) groups is 1. The SMILES string of the molecule is COc1ccc(C2=NN(CCCCN(C)C)C(=O)C3CCCCC23)cc1OC. The molecule has 0 radical (unpaired) electrons. The van der Waals surface area contributed by atoms with E-state index in [9.17, 15) is 4.79 Å². The number of hydrazone groups is 1. The highest BCUT2D eigenvalue weighted by Gasteiger charge is 2.41. The second kappa shape index (κ2) is 9.41. The Bertz CT molecular complexity index is 717. The van der Waals surface area contributed by atoms with Gasteiger partial charge < -0.3 is 14.4 Å². The molecule has 1 aromatic rings. The van der Waals surface area contributed by atoms with Gasteiger partial charge in [-0.1, -0.05) is 12.8 Å². The van der Waals surface area contributed by atoms with Crippen LogP contribution in [0.25, 0.3) is 0 Å². The first-order valence-corrected chi connectivity index (χ1v) is 10.3. The molecule has 0 aromatic heterocycles. The summed E-state index contributed by atoms with van der Waals surface area (Å²) in [6.45, 7) is 1.72. The van der Waals surface area contributed by atoms with Crippen LogP contribution in [0.2, 0.25) is 0 Å². The van der Waals surface area contributed by atoms with E-state index < -0.39 is 0 Å². The lowest BCUT2D eigenvalue weighted by molar-refractivity contribution is -0.139. The molecule has 0 bridgehead atoms. The van der Waals surface area contributed by atoms with Crippen LogP contribution in [0.3, 0.4) is 0 Å². The fourth-order valence-electron chi connectivity index (χ4n) is 4.32. The first kappa shape index (κ1) is 20.6. The Morgan fingerprint density at radius 3 is 2.46 bits per heavy atom. The molecular weight excluding hydrogens is 354 g/mol. The third kappa shape index (κ3) is 4.49. The lowest BCUT2D eigenvalue weighted by Gasteiger charge is -2.38. The van der Waals surface area contributed by atoms with Crippen LogP contribution in [0.5, 0.6) is 11.5 Å². The molecule has 2 aliphatic rings. The number of benzene rings is 1. The molecule has 1 saturated carbocycles. The maximum absolute atomic E-state index is 13.1. The number of unbranched alkanes of at least 4 members (excludes halogenated alkanes) is 1. The van der Waals surface area contributed by atoms with E-state index >= 15 is 0 Å². The lowest BCUT2D eigenvalue weighted by Crippen LogP contribution is -2.46. The minimum atomic E-state index is 0.0585. The highest BCUT2D eigenvalue weighted by Crippen LogP contribution is 2.39. The minimum Gasteiger partial charge on any atom is -0.493 e. The maximum atomic E-state index is 13.1. The van der Waals surface area contributed by atoms with Crippen molar-refractivity contribution in [3.63, 3.8) is 0 Å². The first-order valence-electron chi connectivity index (χ1n) is 10.3. The Labute approximate surface area is 168 Å². The van der Waals surface area contributed by atoms with Gasteiger partial charge in [0.25, 0.3) is 0 Å². The van der Waals surface area contributed by atoms with Gasteiger partial charge in [-0.15, -0.1) is 0 Å². The van der Waals surface area contributed by atoms with Crippen molar-refractivity contribution in [3.05, 3.63) is 23.8 Å². The smallest absolute Gasteiger partial charge is 0.246 e. The van der Waals surface area contributed by atoms with E-state index in [-0.39, 0.29) is 17.7 Å². The molecule has 6 nitrogen and oxygen atoms in total. The Balaban J connectivity index is 1.87. The molecule has 3 rings (SSSR count). The maximum Gasteiger partial charge on any atom is 0.246 e. The van der Waals surface area contributed by atoms with Gasteiger partial charge in [-0.25, -0.2) is 5.01 Å². The molecule has 1 amide bonds. The average Bonchev–Trinajstić information content (AvgIpc) is 2.72. The first-order chi connectivity index (χ1) is 13.5. The van der Waals surface area contributed by atoms with Gasteiger partial charge in [0, 0.05) is 23.9 Å². The minimum absolute atomic E-state index is 0.0585. The predicted molar refractivity (Wildman–Crippen MR) is 111 cm³/mol. The monoisotopic (exact) mass is 387 g/mol. The summed E-state index contributed by atoms with van der Waals surface area (Å²) in [6.07, 6.45) is 6.29. The zero-order valence-electron chi connectivity index (χ0n) is 17.6. The van der Waals surface area contributed by atoms with Crippen molar-refractivity contribution in [1.29, 1.82) is 0 Å². The number of carbonyl (C=O) groups excluding carboxylic acids is 1. The summed E-state index contributed by atoms with van der Waals surface area (Å²) in [5.41, 5.74) is 2.05. The second-order valence-electron chi connectivity index (χ2n) is 8.02. The number of hydrogen-bond acceptors (Lipinski definition) is 5. The lowest BCUT2D eigenvalue weighted by atomic mass is 9.73. The number of ether oxygens (including phenoxy) is 2. The summed E-state index contributed by atoms with van der Waals surface area (Å²) >= 11 is 0. The summed E-state index contributed by atoms with van der Waals surface area (Å²) in [7, 11) is 7.44. The van der Waals surface area contributed by atoms with Crippen molar-refractivity contribution in [3.8, 4) is 11.5 Å². The van der Waals surface area contributed by atoms with E-state index in [1.165, 1.54) is 0 Å². The van der Waals surface area contributed by atoms with Gasteiger partial charge in [-0.2, -0.15) is 5.10 Å². The number of methoxy groups -OCH3 is 2. The second-order valence-corrected chi connectivity index (χ2v) is 8.02. The summed E-state index contributed by atoms with van der Waals surface area (Å²) < 4.78 is 10.9. The molecule has 2 unspecified atom stereocenters. The number of rotatable bonds is 8.